The van der Waals surface area contributed by atoms with Crippen LogP contribution in [0.2, 0.25) is 0 Å². The molecule has 0 amide bonds. The maximum Gasteiger partial charge on any atom is 0.433 e. The van der Waals surface area contributed by atoms with Gasteiger partial charge < -0.3 is 9.30 Å². The van der Waals surface area contributed by atoms with Crippen molar-refractivity contribution in [1.82, 2.24) is 29.7 Å². The van der Waals surface area contributed by atoms with E-state index in [-0.39, 0.29) is 10.9 Å². The van der Waals surface area contributed by atoms with E-state index in [1.54, 1.807) is 43.0 Å². The van der Waals surface area contributed by atoms with E-state index in [1.807, 2.05) is 12.1 Å². The summed E-state index contributed by atoms with van der Waals surface area (Å²) in [6, 6.07) is 11.2. The summed E-state index contributed by atoms with van der Waals surface area (Å²) in [5.74, 6) is 1.21. The Hall–Kier alpha value is -3.47. The summed E-state index contributed by atoms with van der Waals surface area (Å²) < 4.78 is 47.1. The van der Waals surface area contributed by atoms with E-state index in [9.17, 15) is 13.2 Å². The van der Waals surface area contributed by atoms with Crippen LogP contribution in [0.4, 0.5) is 13.2 Å². The molecule has 0 N–H and O–H groups in total. The molecule has 0 saturated heterocycles. The van der Waals surface area contributed by atoms with Crippen LogP contribution in [0.15, 0.2) is 65.0 Å². The van der Waals surface area contributed by atoms with Crippen molar-refractivity contribution in [3.8, 4) is 28.5 Å². The minimum absolute atomic E-state index is 0.0442. The van der Waals surface area contributed by atoms with Gasteiger partial charge in [0.05, 0.1) is 7.11 Å². The summed E-state index contributed by atoms with van der Waals surface area (Å²) in [7, 11) is 3.31. The lowest BCUT2D eigenvalue weighted by molar-refractivity contribution is -0.141. The van der Waals surface area contributed by atoms with Gasteiger partial charge in [-0.1, -0.05) is 0 Å². The summed E-state index contributed by atoms with van der Waals surface area (Å²) in [5.41, 5.74) is 0.188. The molecule has 0 aliphatic carbocycles. The molecular weight excluding hydrogens is 429 g/mol. The number of halogens is 3. The molecule has 0 atom stereocenters. The van der Waals surface area contributed by atoms with Crippen molar-refractivity contribution >= 4 is 11.8 Å². The molecule has 4 rings (SSSR count). The summed E-state index contributed by atoms with van der Waals surface area (Å²) in [6.07, 6.45) is -1.68. The van der Waals surface area contributed by atoms with Crippen LogP contribution >= 0.6 is 11.8 Å². The summed E-state index contributed by atoms with van der Waals surface area (Å²) in [5, 5.41) is 8.77. The fraction of sp³-hybridized carbons (Fsp3) is 0.150. The van der Waals surface area contributed by atoms with Crippen molar-refractivity contribution in [3.63, 3.8) is 0 Å². The number of hydrogen-bond acceptors (Lipinski definition) is 7. The number of hydrogen-bond donors (Lipinski definition) is 0. The number of aromatic nitrogens is 6. The zero-order valence-corrected chi connectivity index (χ0v) is 17.1. The molecule has 0 aliphatic rings. The third kappa shape index (κ3) is 4.50. The third-order valence-corrected chi connectivity index (χ3v) is 5.27. The maximum absolute atomic E-state index is 13.4. The molecule has 0 spiro atoms. The Morgan fingerprint density at radius 3 is 2.29 bits per heavy atom. The van der Waals surface area contributed by atoms with E-state index in [4.69, 9.17) is 4.74 Å². The van der Waals surface area contributed by atoms with E-state index in [0.717, 1.165) is 23.4 Å². The fourth-order valence-electron chi connectivity index (χ4n) is 2.74. The second-order valence-corrected chi connectivity index (χ2v) is 7.33. The van der Waals surface area contributed by atoms with Crippen molar-refractivity contribution in [1.29, 1.82) is 0 Å². The highest BCUT2D eigenvalue weighted by atomic mass is 32.2. The molecule has 3 heterocycles. The fourth-order valence-corrected chi connectivity index (χ4v) is 3.54. The van der Waals surface area contributed by atoms with Gasteiger partial charge in [-0.2, -0.15) is 13.2 Å². The van der Waals surface area contributed by atoms with Gasteiger partial charge >= 0.3 is 6.18 Å². The van der Waals surface area contributed by atoms with E-state index >= 15 is 0 Å². The summed E-state index contributed by atoms with van der Waals surface area (Å²) in [4.78, 5) is 11.8. The van der Waals surface area contributed by atoms with Gasteiger partial charge in [0.25, 0.3) is 0 Å². The predicted molar refractivity (Wildman–Crippen MR) is 107 cm³/mol. The van der Waals surface area contributed by atoms with Crippen molar-refractivity contribution in [2.45, 2.75) is 16.4 Å². The molecule has 0 saturated carbocycles. The van der Waals surface area contributed by atoms with Gasteiger partial charge in [-0.05, 0) is 48.2 Å². The third-order valence-electron chi connectivity index (χ3n) is 4.31. The van der Waals surface area contributed by atoms with Crippen LogP contribution in [0.1, 0.15) is 5.69 Å². The molecule has 3 aromatic heterocycles. The highest BCUT2D eigenvalue weighted by Crippen LogP contribution is 2.34. The zero-order chi connectivity index (χ0) is 22.0. The molecule has 0 fully saturated rings. The second kappa shape index (κ2) is 8.34. The smallest absolute Gasteiger partial charge is 0.433 e. The standard InChI is InChI=1S/C20H15F3N6OS/c1-29-18(13-3-5-14(30-2)6-4-13)27-28-19(29)31-16-11-15(20(21,22)23)25-17(26-16)12-7-9-24-10-8-12/h3-11H,1-2H3. The van der Waals surface area contributed by atoms with Crippen molar-refractivity contribution < 1.29 is 17.9 Å². The largest absolute Gasteiger partial charge is 0.497 e. The highest BCUT2D eigenvalue weighted by Gasteiger charge is 2.34. The van der Waals surface area contributed by atoms with E-state index in [1.165, 1.54) is 12.4 Å². The Balaban J connectivity index is 1.70. The second-order valence-electron chi connectivity index (χ2n) is 6.34. The lowest BCUT2D eigenvalue weighted by Crippen LogP contribution is -2.10. The number of rotatable bonds is 5. The van der Waals surface area contributed by atoms with Gasteiger partial charge in [0.1, 0.15) is 16.5 Å². The van der Waals surface area contributed by atoms with Crippen molar-refractivity contribution in [2.75, 3.05) is 7.11 Å². The first-order chi connectivity index (χ1) is 14.8. The number of alkyl halides is 3. The van der Waals surface area contributed by atoms with Crippen molar-refractivity contribution in [3.05, 3.63) is 60.6 Å². The van der Waals surface area contributed by atoms with E-state index in [2.05, 4.69) is 25.1 Å². The van der Waals surface area contributed by atoms with Gasteiger partial charge in [-0.25, -0.2) is 9.97 Å². The molecule has 7 nitrogen and oxygen atoms in total. The Bertz CT molecular complexity index is 1200. The van der Waals surface area contributed by atoms with Crippen LogP contribution in [0.3, 0.4) is 0 Å². The normalized spacial score (nSPS) is 11.5. The summed E-state index contributed by atoms with van der Waals surface area (Å²) >= 11 is 0.974. The molecule has 0 radical (unpaired) electrons. The highest BCUT2D eigenvalue weighted by molar-refractivity contribution is 7.99. The van der Waals surface area contributed by atoms with Gasteiger partial charge in [0.2, 0.25) is 0 Å². The molecule has 11 heteroatoms. The maximum atomic E-state index is 13.4. The average Bonchev–Trinajstić information content (AvgIpc) is 3.13. The van der Waals surface area contributed by atoms with Gasteiger partial charge in [0, 0.05) is 36.6 Å². The monoisotopic (exact) mass is 444 g/mol. The number of benzene rings is 1. The number of nitrogens with zero attached hydrogens (tertiary/aromatic N) is 6. The number of pyridine rings is 1. The Morgan fingerprint density at radius 2 is 1.65 bits per heavy atom. The van der Waals surface area contributed by atoms with Crippen molar-refractivity contribution in [2.24, 2.45) is 7.05 Å². The van der Waals surface area contributed by atoms with Crippen LogP contribution in [0.5, 0.6) is 5.75 Å². The summed E-state index contributed by atoms with van der Waals surface area (Å²) in [6.45, 7) is 0. The van der Waals surface area contributed by atoms with Crippen LogP contribution in [-0.2, 0) is 13.2 Å². The van der Waals surface area contributed by atoms with Crippen LogP contribution in [0, 0.1) is 0 Å². The zero-order valence-electron chi connectivity index (χ0n) is 16.3. The Labute approximate surface area is 179 Å². The Morgan fingerprint density at radius 1 is 0.935 bits per heavy atom. The number of methoxy groups -OCH3 is 1. The predicted octanol–water partition coefficient (Wildman–Crippen LogP) is 4.51. The molecule has 1 aromatic carbocycles. The molecule has 158 valence electrons. The molecule has 0 unspecified atom stereocenters. The first-order valence-electron chi connectivity index (χ1n) is 8.93. The first-order valence-corrected chi connectivity index (χ1v) is 9.75. The SMILES string of the molecule is COc1ccc(-c2nnc(Sc3cc(C(F)(F)F)nc(-c4ccncc4)n3)n2C)cc1. The lowest BCUT2D eigenvalue weighted by atomic mass is 10.2. The molecular formula is C20H15F3N6OS. The quantitative estimate of drug-likeness (QED) is 0.419. The minimum Gasteiger partial charge on any atom is -0.497 e. The topological polar surface area (TPSA) is 78.6 Å². The van der Waals surface area contributed by atoms with Crippen LogP contribution in [0.25, 0.3) is 22.8 Å². The van der Waals surface area contributed by atoms with E-state index < -0.39 is 11.9 Å². The first kappa shape index (κ1) is 20.8. The van der Waals surface area contributed by atoms with E-state index in [0.29, 0.717) is 22.3 Å². The number of ether oxygens (including phenoxy) is 1. The van der Waals surface area contributed by atoms with Gasteiger partial charge in [0.15, 0.2) is 16.8 Å². The Kier molecular flexibility index (Phi) is 5.59. The molecule has 4 aromatic rings. The van der Waals surface area contributed by atoms with Crippen LogP contribution in [-0.4, -0.2) is 36.8 Å². The minimum atomic E-state index is -4.62. The van der Waals surface area contributed by atoms with Gasteiger partial charge in [-0.3, -0.25) is 4.98 Å². The average molecular weight is 444 g/mol. The van der Waals surface area contributed by atoms with Crippen LogP contribution < -0.4 is 4.74 Å². The van der Waals surface area contributed by atoms with Gasteiger partial charge in [-0.15, -0.1) is 10.2 Å². The molecule has 0 bridgehead atoms. The molecule has 0 aliphatic heterocycles. The molecule has 31 heavy (non-hydrogen) atoms. The lowest BCUT2D eigenvalue weighted by Gasteiger charge is -2.10.